The Labute approximate surface area is 172 Å². The molecule has 0 fully saturated rings. The second kappa shape index (κ2) is 8.86. The fourth-order valence-electron chi connectivity index (χ4n) is 2.88. The summed E-state index contributed by atoms with van der Waals surface area (Å²) in [7, 11) is 1.58. The first-order chi connectivity index (χ1) is 14.3. The van der Waals surface area contributed by atoms with E-state index in [0.717, 1.165) is 22.1 Å². The molecule has 0 unspecified atom stereocenters. The standard InChI is InChI=1S/C22H20F3N3O2/c1-3-13-27(15-16-4-10-19(30-2)11-5-16)21(29)17-6-8-18(9-7-17)28-14-12-20(26-28)22(23,24)25/h3-12,14H,1,13,15H2,2H3. The number of hydrogen-bond donors (Lipinski definition) is 0. The molecule has 8 heteroatoms. The molecule has 30 heavy (non-hydrogen) atoms. The van der Waals surface area contributed by atoms with E-state index in [9.17, 15) is 18.0 Å². The molecule has 2 aromatic carbocycles. The Morgan fingerprint density at radius 2 is 1.80 bits per heavy atom. The largest absolute Gasteiger partial charge is 0.497 e. The van der Waals surface area contributed by atoms with E-state index in [4.69, 9.17) is 4.74 Å². The molecule has 5 nitrogen and oxygen atoms in total. The van der Waals surface area contributed by atoms with Crippen LogP contribution in [-0.4, -0.2) is 34.2 Å². The predicted octanol–water partition coefficient (Wildman–Crippen LogP) is 4.73. The molecule has 0 aliphatic carbocycles. The van der Waals surface area contributed by atoms with Gasteiger partial charge in [0, 0.05) is 24.8 Å². The molecule has 0 aliphatic heterocycles. The fourth-order valence-corrected chi connectivity index (χ4v) is 2.88. The minimum absolute atomic E-state index is 0.214. The molecule has 3 aromatic rings. The summed E-state index contributed by atoms with van der Waals surface area (Å²) >= 11 is 0. The number of halogens is 3. The minimum atomic E-state index is -4.51. The SMILES string of the molecule is C=CCN(Cc1ccc(OC)cc1)C(=O)c1ccc(-n2ccc(C(F)(F)F)n2)cc1. The van der Waals surface area contributed by atoms with E-state index in [-0.39, 0.29) is 5.91 Å². The van der Waals surface area contributed by atoms with E-state index in [0.29, 0.717) is 24.3 Å². The van der Waals surface area contributed by atoms with Crippen LogP contribution in [0.15, 0.2) is 73.4 Å². The van der Waals surface area contributed by atoms with Crippen LogP contribution in [0.5, 0.6) is 5.75 Å². The summed E-state index contributed by atoms with van der Waals surface area (Å²) in [6, 6.07) is 14.5. The quantitative estimate of drug-likeness (QED) is 0.525. The average molecular weight is 415 g/mol. The summed E-state index contributed by atoms with van der Waals surface area (Å²) < 4.78 is 44.4. The molecule has 3 rings (SSSR count). The van der Waals surface area contributed by atoms with Gasteiger partial charge in [-0.2, -0.15) is 18.3 Å². The lowest BCUT2D eigenvalue weighted by molar-refractivity contribution is -0.141. The van der Waals surface area contributed by atoms with Crippen molar-refractivity contribution in [3.8, 4) is 11.4 Å². The van der Waals surface area contributed by atoms with Gasteiger partial charge in [-0.3, -0.25) is 4.79 Å². The van der Waals surface area contributed by atoms with Crippen molar-refractivity contribution in [2.24, 2.45) is 0 Å². The molecule has 0 saturated heterocycles. The molecular formula is C22H20F3N3O2. The average Bonchev–Trinajstić information content (AvgIpc) is 3.24. The molecule has 0 radical (unpaired) electrons. The Balaban J connectivity index is 1.76. The number of rotatable bonds is 7. The van der Waals surface area contributed by atoms with Gasteiger partial charge in [-0.15, -0.1) is 6.58 Å². The number of benzene rings is 2. The van der Waals surface area contributed by atoms with Crippen molar-refractivity contribution >= 4 is 5.91 Å². The van der Waals surface area contributed by atoms with E-state index < -0.39 is 11.9 Å². The molecule has 0 bridgehead atoms. The summed E-state index contributed by atoms with van der Waals surface area (Å²) in [4.78, 5) is 14.6. The van der Waals surface area contributed by atoms with Crippen molar-refractivity contribution in [2.75, 3.05) is 13.7 Å². The second-order valence-corrected chi connectivity index (χ2v) is 6.51. The topological polar surface area (TPSA) is 47.4 Å². The van der Waals surface area contributed by atoms with Gasteiger partial charge in [0.1, 0.15) is 5.75 Å². The van der Waals surface area contributed by atoms with E-state index in [1.165, 1.54) is 6.20 Å². The van der Waals surface area contributed by atoms with Crippen molar-refractivity contribution in [3.63, 3.8) is 0 Å². The van der Waals surface area contributed by atoms with Crippen LogP contribution in [0, 0.1) is 0 Å². The van der Waals surface area contributed by atoms with E-state index in [1.807, 2.05) is 24.3 Å². The van der Waals surface area contributed by atoms with Gasteiger partial charge in [0.05, 0.1) is 12.8 Å². The summed E-state index contributed by atoms with van der Waals surface area (Å²) in [5.41, 5.74) is 0.794. The minimum Gasteiger partial charge on any atom is -0.497 e. The second-order valence-electron chi connectivity index (χ2n) is 6.51. The summed E-state index contributed by atoms with van der Waals surface area (Å²) in [5.74, 6) is 0.511. The maximum absolute atomic E-state index is 12.9. The number of amides is 1. The summed E-state index contributed by atoms with van der Waals surface area (Å²) in [6.07, 6.45) is -1.64. The van der Waals surface area contributed by atoms with Crippen LogP contribution in [-0.2, 0) is 12.7 Å². The molecule has 0 spiro atoms. The molecule has 0 aliphatic rings. The van der Waals surface area contributed by atoms with Crippen LogP contribution in [0.3, 0.4) is 0 Å². The van der Waals surface area contributed by atoms with Crippen LogP contribution in [0.25, 0.3) is 5.69 Å². The maximum Gasteiger partial charge on any atom is 0.435 e. The third-order valence-corrected chi connectivity index (χ3v) is 4.43. The highest BCUT2D eigenvalue weighted by Gasteiger charge is 2.33. The van der Waals surface area contributed by atoms with E-state index >= 15 is 0 Å². The monoisotopic (exact) mass is 415 g/mol. The molecule has 0 atom stereocenters. The zero-order chi connectivity index (χ0) is 21.7. The zero-order valence-electron chi connectivity index (χ0n) is 16.3. The van der Waals surface area contributed by atoms with Gasteiger partial charge in [-0.1, -0.05) is 18.2 Å². The number of ether oxygens (including phenoxy) is 1. The number of aromatic nitrogens is 2. The zero-order valence-corrected chi connectivity index (χ0v) is 16.3. The summed E-state index contributed by atoms with van der Waals surface area (Å²) in [5, 5.41) is 3.53. The third kappa shape index (κ3) is 4.89. The molecule has 156 valence electrons. The first kappa shape index (κ1) is 21.2. The Morgan fingerprint density at radius 1 is 1.13 bits per heavy atom. The smallest absolute Gasteiger partial charge is 0.435 e. The first-order valence-corrected chi connectivity index (χ1v) is 9.08. The van der Waals surface area contributed by atoms with Gasteiger partial charge < -0.3 is 9.64 Å². The number of nitrogens with zero attached hydrogens (tertiary/aromatic N) is 3. The van der Waals surface area contributed by atoms with Gasteiger partial charge in [0.25, 0.3) is 5.91 Å². The van der Waals surface area contributed by atoms with Crippen molar-refractivity contribution in [1.82, 2.24) is 14.7 Å². The van der Waals surface area contributed by atoms with Crippen LogP contribution in [0.1, 0.15) is 21.6 Å². The van der Waals surface area contributed by atoms with Crippen LogP contribution in [0.2, 0.25) is 0 Å². The molecule has 1 amide bonds. The molecule has 1 aromatic heterocycles. The Hall–Kier alpha value is -3.55. The molecule has 0 N–H and O–H groups in total. The van der Waals surface area contributed by atoms with Crippen molar-refractivity contribution in [1.29, 1.82) is 0 Å². The Bertz CT molecular complexity index is 1010. The molecular weight excluding hydrogens is 395 g/mol. The normalized spacial score (nSPS) is 11.2. The van der Waals surface area contributed by atoms with Gasteiger partial charge in [0.15, 0.2) is 5.69 Å². The predicted molar refractivity (Wildman–Crippen MR) is 106 cm³/mol. The Kier molecular flexibility index (Phi) is 6.25. The highest BCUT2D eigenvalue weighted by Crippen LogP contribution is 2.28. The molecule has 0 saturated carbocycles. The number of methoxy groups -OCH3 is 1. The van der Waals surface area contributed by atoms with Crippen LogP contribution >= 0.6 is 0 Å². The Morgan fingerprint density at radius 3 is 2.33 bits per heavy atom. The van der Waals surface area contributed by atoms with Crippen molar-refractivity contribution < 1.29 is 22.7 Å². The van der Waals surface area contributed by atoms with Gasteiger partial charge >= 0.3 is 6.18 Å². The van der Waals surface area contributed by atoms with Crippen molar-refractivity contribution in [2.45, 2.75) is 12.7 Å². The van der Waals surface area contributed by atoms with E-state index in [2.05, 4.69) is 11.7 Å². The maximum atomic E-state index is 12.9. The highest BCUT2D eigenvalue weighted by atomic mass is 19.4. The summed E-state index contributed by atoms with van der Waals surface area (Å²) in [6.45, 7) is 4.43. The highest BCUT2D eigenvalue weighted by molar-refractivity contribution is 5.94. The molecule has 1 heterocycles. The van der Waals surface area contributed by atoms with Gasteiger partial charge in [0.2, 0.25) is 0 Å². The number of carbonyl (C=O) groups is 1. The van der Waals surface area contributed by atoms with Crippen molar-refractivity contribution in [3.05, 3.63) is 90.3 Å². The van der Waals surface area contributed by atoms with Gasteiger partial charge in [-0.25, -0.2) is 4.68 Å². The fraction of sp³-hybridized carbons (Fsp3) is 0.182. The number of hydrogen-bond acceptors (Lipinski definition) is 3. The third-order valence-electron chi connectivity index (χ3n) is 4.43. The number of carbonyl (C=O) groups excluding carboxylic acids is 1. The lowest BCUT2D eigenvalue weighted by Gasteiger charge is -2.21. The lowest BCUT2D eigenvalue weighted by Crippen LogP contribution is -2.30. The number of alkyl halides is 3. The van der Waals surface area contributed by atoms with Gasteiger partial charge in [-0.05, 0) is 48.0 Å². The first-order valence-electron chi connectivity index (χ1n) is 9.08. The van der Waals surface area contributed by atoms with Crippen LogP contribution < -0.4 is 4.74 Å². The van der Waals surface area contributed by atoms with Crippen LogP contribution in [0.4, 0.5) is 13.2 Å². The lowest BCUT2D eigenvalue weighted by atomic mass is 10.1. The van der Waals surface area contributed by atoms with E-state index in [1.54, 1.807) is 42.4 Å².